The van der Waals surface area contributed by atoms with Gasteiger partial charge in [-0.1, -0.05) is 23.7 Å². The second-order valence-electron chi connectivity index (χ2n) is 8.65. The van der Waals surface area contributed by atoms with Crippen LogP contribution in [-0.2, 0) is 9.53 Å². The van der Waals surface area contributed by atoms with E-state index in [1.165, 1.54) is 7.11 Å². The van der Waals surface area contributed by atoms with E-state index >= 15 is 0 Å². The maximum atomic E-state index is 12.3. The summed E-state index contributed by atoms with van der Waals surface area (Å²) in [7, 11) is 3.03. The van der Waals surface area contributed by atoms with Crippen molar-refractivity contribution in [2.24, 2.45) is 0 Å². The van der Waals surface area contributed by atoms with Crippen molar-refractivity contribution in [1.82, 2.24) is 14.9 Å². The molecule has 194 valence electrons. The highest BCUT2D eigenvalue weighted by Gasteiger charge is 2.42. The molecule has 38 heavy (non-hydrogen) atoms. The lowest BCUT2D eigenvalue weighted by atomic mass is 10.0. The lowest BCUT2D eigenvalue weighted by Crippen LogP contribution is -2.30. The van der Waals surface area contributed by atoms with E-state index in [0.717, 1.165) is 22.8 Å². The first-order valence-corrected chi connectivity index (χ1v) is 12.7. The van der Waals surface area contributed by atoms with Crippen molar-refractivity contribution in [3.05, 3.63) is 102 Å². The van der Waals surface area contributed by atoms with Gasteiger partial charge in [-0.15, -0.1) is 0 Å². The van der Waals surface area contributed by atoms with Gasteiger partial charge in [-0.05, 0) is 72.9 Å². The molecule has 0 aliphatic carbocycles. The summed E-state index contributed by atoms with van der Waals surface area (Å²) in [4.78, 5) is 19.0. The number of thiocarbonyl (C=S) groups is 1. The highest BCUT2D eigenvalue weighted by Crippen LogP contribution is 2.43. The summed E-state index contributed by atoms with van der Waals surface area (Å²) in [6.45, 7) is -0.0748. The van der Waals surface area contributed by atoms with Gasteiger partial charge in [0, 0.05) is 41.6 Å². The van der Waals surface area contributed by atoms with Gasteiger partial charge in [0.1, 0.15) is 18.4 Å². The molecule has 0 spiro atoms. The average Bonchev–Trinajstić information content (AvgIpc) is 3.53. The zero-order chi connectivity index (χ0) is 26.6. The molecular formula is C28H26ClN5O3S. The fraction of sp³-hybridized carbons (Fsp3) is 0.179. The number of rotatable bonds is 8. The molecule has 1 amide bonds. The molecule has 2 aromatic carbocycles. The molecular weight excluding hydrogens is 522 g/mol. The van der Waals surface area contributed by atoms with E-state index in [1.807, 2.05) is 77.8 Å². The Morgan fingerprint density at radius 2 is 1.95 bits per heavy atom. The molecule has 1 fully saturated rings. The van der Waals surface area contributed by atoms with Gasteiger partial charge in [-0.2, -0.15) is 0 Å². The summed E-state index contributed by atoms with van der Waals surface area (Å²) in [5, 5.41) is 7.52. The number of amides is 1. The van der Waals surface area contributed by atoms with Gasteiger partial charge in [0.05, 0.1) is 24.5 Å². The summed E-state index contributed by atoms with van der Waals surface area (Å²) in [6, 6.07) is 22.6. The zero-order valence-electron chi connectivity index (χ0n) is 20.8. The van der Waals surface area contributed by atoms with Gasteiger partial charge in [-0.3, -0.25) is 9.78 Å². The molecule has 0 bridgehead atoms. The first kappa shape index (κ1) is 25.7. The number of benzene rings is 2. The summed E-state index contributed by atoms with van der Waals surface area (Å²) >= 11 is 12.2. The van der Waals surface area contributed by atoms with Crippen molar-refractivity contribution >= 4 is 46.2 Å². The summed E-state index contributed by atoms with van der Waals surface area (Å²) in [5.41, 5.74) is 4.05. The number of carbonyl (C=O) groups excluding carboxylic acids is 1. The normalized spacial score (nSPS) is 16.8. The fourth-order valence-corrected chi connectivity index (χ4v) is 5.22. The molecule has 0 saturated carbocycles. The number of methoxy groups -OCH3 is 2. The van der Waals surface area contributed by atoms with Gasteiger partial charge in [-0.25, -0.2) is 0 Å². The van der Waals surface area contributed by atoms with Crippen molar-refractivity contribution in [3.8, 4) is 11.4 Å². The Labute approximate surface area is 231 Å². The number of pyridine rings is 1. The van der Waals surface area contributed by atoms with E-state index < -0.39 is 0 Å². The Morgan fingerprint density at radius 1 is 1.08 bits per heavy atom. The van der Waals surface area contributed by atoms with Crippen LogP contribution in [0.3, 0.4) is 0 Å². The van der Waals surface area contributed by atoms with E-state index in [0.29, 0.717) is 21.6 Å². The molecule has 2 aromatic heterocycles. The first-order valence-electron chi connectivity index (χ1n) is 11.9. The topological polar surface area (TPSA) is 80.7 Å². The standard InChI is InChI=1S/C28H26ClN5O3S/c1-36-17-25(35)31-22-16-20(11-12-24(22)37-2)34-27(26(32-28(34)38)21-9-3-4-13-30-21)23-10-6-14-33(23)19-8-5-7-18(29)15-19/h3-16,26-27H,17H2,1-2H3,(H,31,35)(H,32,38). The van der Waals surface area contributed by atoms with Crippen molar-refractivity contribution in [2.75, 3.05) is 31.0 Å². The molecule has 1 aliphatic heterocycles. The third-order valence-corrected chi connectivity index (χ3v) is 6.83. The van der Waals surface area contributed by atoms with Crippen LogP contribution >= 0.6 is 23.8 Å². The van der Waals surface area contributed by atoms with Crippen molar-refractivity contribution in [2.45, 2.75) is 12.1 Å². The van der Waals surface area contributed by atoms with Gasteiger partial charge in [0.25, 0.3) is 0 Å². The van der Waals surface area contributed by atoms with E-state index in [4.69, 9.17) is 33.3 Å². The predicted molar refractivity (Wildman–Crippen MR) is 152 cm³/mol. The first-order chi connectivity index (χ1) is 18.5. The van der Waals surface area contributed by atoms with Crippen molar-refractivity contribution in [1.29, 1.82) is 0 Å². The monoisotopic (exact) mass is 547 g/mol. The maximum Gasteiger partial charge on any atom is 0.250 e. The molecule has 2 unspecified atom stereocenters. The van der Waals surface area contributed by atoms with Gasteiger partial charge in [0.2, 0.25) is 5.91 Å². The van der Waals surface area contributed by atoms with Crippen LogP contribution in [0.2, 0.25) is 5.02 Å². The fourth-order valence-electron chi connectivity index (χ4n) is 4.69. The van der Waals surface area contributed by atoms with Gasteiger partial charge in [0.15, 0.2) is 5.11 Å². The number of anilines is 2. The van der Waals surface area contributed by atoms with Crippen molar-refractivity contribution in [3.63, 3.8) is 0 Å². The van der Waals surface area contributed by atoms with Crippen LogP contribution in [0.15, 0.2) is 85.2 Å². The Balaban J connectivity index is 1.63. The predicted octanol–water partition coefficient (Wildman–Crippen LogP) is 5.30. The number of carbonyl (C=O) groups is 1. The molecule has 0 radical (unpaired) electrons. The molecule has 1 saturated heterocycles. The third-order valence-electron chi connectivity index (χ3n) is 6.28. The summed E-state index contributed by atoms with van der Waals surface area (Å²) < 4.78 is 12.6. The Kier molecular flexibility index (Phi) is 7.59. The quantitative estimate of drug-likeness (QED) is 0.290. The van der Waals surface area contributed by atoms with Crippen LogP contribution in [0.25, 0.3) is 5.69 Å². The van der Waals surface area contributed by atoms with Gasteiger partial charge >= 0.3 is 0 Å². The molecule has 2 atom stereocenters. The third kappa shape index (κ3) is 5.08. The van der Waals surface area contributed by atoms with Crippen LogP contribution in [0.4, 0.5) is 11.4 Å². The molecule has 3 heterocycles. The zero-order valence-corrected chi connectivity index (χ0v) is 22.4. The second kappa shape index (κ2) is 11.2. The second-order valence-corrected chi connectivity index (χ2v) is 9.47. The largest absolute Gasteiger partial charge is 0.495 e. The Morgan fingerprint density at radius 3 is 2.68 bits per heavy atom. The number of nitrogens with one attached hydrogen (secondary N) is 2. The van der Waals surface area contributed by atoms with Crippen LogP contribution < -0.4 is 20.3 Å². The van der Waals surface area contributed by atoms with Crippen LogP contribution in [-0.4, -0.2) is 41.4 Å². The number of nitrogens with zero attached hydrogens (tertiary/aromatic N) is 3. The smallest absolute Gasteiger partial charge is 0.250 e. The molecule has 10 heteroatoms. The SMILES string of the molecule is COCC(=O)Nc1cc(N2C(=S)NC(c3ccccn3)C2c2cccn2-c2cccc(Cl)c2)ccc1OC. The minimum Gasteiger partial charge on any atom is -0.495 e. The van der Waals surface area contributed by atoms with Gasteiger partial charge < -0.3 is 29.6 Å². The average molecular weight is 548 g/mol. The van der Waals surface area contributed by atoms with Crippen LogP contribution in [0.5, 0.6) is 5.75 Å². The lowest BCUT2D eigenvalue weighted by molar-refractivity contribution is -0.119. The van der Waals surface area contributed by atoms with E-state index in [1.54, 1.807) is 13.3 Å². The summed E-state index contributed by atoms with van der Waals surface area (Å²) in [5.74, 6) is 0.235. The highest BCUT2D eigenvalue weighted by atomic mass is 35.5. The number of hydrogen-bond acceptors (Lipinski definition) is 5. The minimum atomic E-state index is -0.289. The van der Waals surface area contributed by atoms with E-state index in [-0.39, 0.29) is 24.6 Å². The lowest BCUT2D eigenvalue weighted by Gasteiger charge is -2.29. The van der Waals surface area contributed by atoms with Crippen LogP contribution in [0.1, 0.15) is 23.5 Å². The molecule has 5 rings (SSSR count). The van der Waals surface area contributed by atoms with E-state index in [2.05, 4.69) is 26.3 Å². The van der Waals surface area contributed by atoms with Crippen LogP contribution in [0, 0.1) is 0 Å². The molecule has 8 nitrogen and oxygen atoms in total. The summed E-state index contributed by atoms with van der Waals surface area (Å²) in [6.07, 6.45) is 3.77. The molecule has 2 N–H and O–H groups in total. The Bertz CT molecular complexity index is 1460. The van der Waals surface area contributed by atoms with Crippen molar-refractivity contribution < 1.29 is 14.3 Å². The number of ether oxygens (including phenoxy) is 2. The number of aromatic nitrogens is 2. The number of halogens is 1. The Hall–Kier alpha value is -3.92. The highest BCUT2D eigenvalue weighted by molar-refractivity contribution is 7.80. The maximum absolute atomic E-state index is 12.3. The number of hydrogen-bond donors (Lipinski definition) is 2. The molecule has 4 aromatic rings. The van der Waals surface area contributed by atoms with E-state index in [9.17, 15) is 4.79 Å². The molecule has 1 aliphatic rings. The minimum absolute atomic E-state index is 0.0748.